The predicted molar refractivity (Wildman–Crippen MR) is 121 cm³/mol. The number of benzene rings is 2. The van der Waals surface area contributed by atoms with Gasteiger partial charge in [0, 0.05) is 25.2 Å². The Kier molecular flexibility index (Phi) is 9.75. The van der Waals surface area contributed by atoms with Crippen molar-refractivity contribution >= 4 is 17.7 Å². The van der Waals surface area contributed by atoms with Gasteiger partial charge in [-0.05, 0) is 47.2 Å². The first-order valence-electron chi connectivity index (χ1n) is 10.0. The maximum absolute atomic E-state index is 11.6. The van der Waals surface area contributed by atoms with Crippen molar-refractivity contribution < 1.29 is 14.4 Å². The summed E-state index contributed by atoms with van der Waals surface area (Å²) in [5.74, 6) is 0.0657. The maximum Gasteiger partial charge on any atom is 0.253 e. The minimum Gasteiger partial charge on any atom is -0.368 e. The molecule has 0 heterocycles. The second-order valence-electron chi connectivity index (χ2n) is 7.91. The Balaban J connectivity index is 0.000000303. The van der Waals surface area contributed by atoms with Crippen molar-refractivity contribution in [3.8, 4) is 0 Å². The van der Waals surface area contributed by atoms with E-state index in [0.717, 1.165) is 11.1 Å². The van der Waals surface area contributed by atoms with E-state index >= 15 is 0 Å². The van der Waals surface area contributed by atoms with E-state index in [9.17, 15) is 14.4 Å². The number of carbonyl (C=O) groups excluding carboxylic acids is 3. The number of nitrogens with zero attached hydrogens (tertiary/aromatic N) is 1. The monoisotopic (exact) mass is 411 g/mol. The van der Waals surface area contributed by atoms with E-state index in [1.165, 1.54) is 5.56 Å². The summed E-state index contributed by atoms with van der Waals surface area (Å²) in [5.41, 5.74) is 8.55. The van der Waals surface area contributed by atoms with Gasteiger partial charge >= 0.3 is 0 Å². The van der Waals surface area contributed by atoms with Crippen LogP contribution in [0, 0.1) is 0 Å². The van der Waals surface area contributed by atoms with Gasteiger partial charge in [-0.15, -0.1) is 0 Å². The summed E-state index contributed by atoms with van der Waals surface area (Å²) in [6, 6.07) is 15.1. The second kappa shape index (κ2) is 11.8. The van der Waals surface area contributed by atoms with Gasteiger partial charge in [-0.1, -0.05) is 52.0 Å². The highest BCUT2D eigenvalue weighted by molar-refractivity contribution is 5.96. The molecule has 162 valence electrons. The van der Waals surface area contributed by atoms with E-state index in [1.54, 1.807) is 25.1 Å². The van der Waals surface area contributed by atoms with Crippen LogP contribution in [0.5, 0.6) is 0 Å². The minimum atomic E-state index is -0.548. The van der Waals surface area contributed by atoms with Crippen LogP contribution in [0.2, 0.25) is 0 Å². The van der Waals surface area contributed by atoms with E-state index in [1.807, 2.05) is 36.4 Å². The van der Waals surface area contributed by atoms with E-state index in [0.29, 0.717) is 17.4 Å². The fourth-order valence-corrected chi connectivity index (χ4v) is 2.60. The SMILES string of the molecule is CC(C)c1cccc(C(=O)N(C)C)c1.CC(C)c1cccc(C(=O)NCC(N)=O)c1. The molecule has 2 aromatic rings. The van der Waals surface area contributed by atoms with Gasteiger partial charge in [-0.25, -0.2) is 0 Å². The third-order valence-electron chi connectivity index (χ3n) is 4.45. The van der Waals surface area contributed by atoms with Gasteiger partial charge in [0.1, 0.15) is 0 Å². The summed E-state index contributed by atoms with van der Waals surface area (Å²) >= 11 is 0. The number of amides is 3. The van der Waals surface area contributed by atoms with Crippen LogP contribution in [0.1, 0.15) is 71.4 Å². The normalized spacial score (nSPS) is 10.3. The van der Waals surface area contributed by atoms with Crippen molar-refractivity contribution in [1.29, 1.82) is 0 Å². The molecule has 0 aliphatic rings. The molecule has 0 aliphatic carbocycles. The maximum atomic E-state index is 11.6. The highest BCUT2D eigenvalue weighted by atomic mass is 16.2. The number of nitrogens with two attached hydrogens (primary N) is 1. The quantitative estimate of drug-likeness (QED) is 0.761. The van der Waals surface area contributed by atoms with Crippen LogP contribution in [0.15, 0.2) is 48.5 Å². The average Bonchev–Trinajstić information content (AvgIpc) is 2.71. The van der Waals surface area contributed by atoms with Gasteiger partial charge < -0.3 is 16.0 Å². The zero-order chi connectivity index (χ0) is 22.8. The lowest BCUT2D eigenvalue weighted by Gasteiger charge is -2.12. The molecular formula is C24H33N3O3. The Morgan fingerprint density at radius 3 is 1.77 bits per heavy atom. The molecular weight excluding hydrogens is 378 g/mol. The summed E-state index contributed by atoms with van der Waals surface area (Å²) in [7, 11) is 3.54. The van der Waals surface area contributed by atoms with Crippen molar-refractivity contribution in [2.45, 2.75) is 39.5 Å². The molecule has 0 fully saturated rings. The van der Waals surface area contributed by atoms with Crippen LogP contribution in [0.25, 0.3) is 0 Å². The number of rotatable bonds is 6. The zero-order valence-electron chi connectivity index (χ0n) is 18.7. The lowest BCUT2D eigenvalue weighted by molar-refractivity contribution is -0.117. The number of hydrogen-bond donors (Lipinski definition) is 2. The van der Waals surface area contributed by atoms with Gasteiger partial charge in [-0.3, -0.25) is 14.4 Å². The summed E-state index contributed by atoms with van der Waals surface area (Å²) < 4.78 is 0. The van der Waals surface area contributed by atoms with Gasteiger partial charge in [0.05, 0.1) is 6.54 Å². The highest BCUT2D eigenvalue weighted by Gasteiger charge is 2.09. The van der Waals surface area contributed by atoms with E-state index in [4.69, 9.17) is 5.73 Å². The Bertz CT molecular complexity index is 874. The fourth-order valence-electron chi connectivity index (χ4n) is 2.60. The zero-order valence-corrected chi connectivity index (χ0v) is 18.7. The Hall–Kier alpha value is -3.15. The Morgan fingerprint density at radius 2 is 1.33 bits per heavy atom. The van der Waals surface area contributed by atoms with E-state index in [2.05, 4.69) is 39.1 Å². The van der Waals surface area contributed by atoms with Gasteiger partial charge in [0.2, 0.25) is 5.91 Å². The van der Waals surface area contributed by atoms with Crippen molar-refractivity contribution in [2.24, 2.45) is 5.73 Å². The third kappa shape index (κ3) is 8.07. The molecule has 0 spiro atoms. The topological polar surface area (TPSA) is 92.5 Å². The van der Waals surface area contributed by atoms with E-state index in [-0.39, 0.29) is 18.4 Å². The van der Waals surface area contributed by atoms with Gasteiger partial charge in [0.25, 0.3) is 11.8 Å². The van der Waals surface area contributed by atoms with Crippen molar-refractivity contribution in [1.82, 2.24) is 10.2 Å². The molecule has 3 amide bonds. The molecule has 0 bridgehead atoms. The molecule has 30 heavy (non-hydrogen) atoms. The molecule has 6 nitrogen and oxygen atoms in total. The molecule has 0 saturated heterocycles. The van der Waals surface area contributed by atoms with Crippen molar-refractivity contribution in [3.63, 3.8) is 0 Å². The predicted octanol–water partition coefficient (Wildman–Crippen LogP) is 3.54. The van der Waals surface area contributed by atoms with Crippen LogP contribution < -0.4 is 11.1 Å². The van der Waals surface area contributed by atoms with Crippen LogP contribution in [0.3, 0.4) is 0 Å². The first-order chi connectivity index (χ1) is 14.0. The fraction of sp³-hybridized carbons (Fsp3) is 0.375. The molecule has 0 aliphatic heterocycles. The van der Waals surface area contributed by atoms with Crippen molar-refractivity contribution in [3.05, 3.63) is 70.8 Å². The second-order valence-corrected chi connectivity index (χ2v) is 7.91. The lowest BCUT2D eigenvalue weighted by Crippen LogP contribution is -2.33. The molecule has 0 saturated carbocycles. The van der Waals surface area contributed by atoms with E-state index < -0.39 is 5.91 Å². The molecule has 2 aromatic carbocycles. The van der Waals surface area contributed by atoms with Crippen LogP contribution in [-0.2, 0) is 4.79 Å². The molecule has 3 N–H and O–H groups in total. The number of nitrogens with one attached hydrogen (secondary N) is 1. The molecule has 0 unspecified atom stereocenters. The summed E-state index contributed by atoms with van der Waals surface area (Å²) in [6.07, 6.45) is 0. The van der Waals surface area contributed by atoms with Gasteiger partial charge in [0.15, 0.2) is 0 Å². The third-order valence-corrected chi connectivity index (χ3v) is 4.45. The molecule has 2 rings (SSSR count). The van der Waals surface area contributed by atoms with Crippen LogP contribution in [0.4, 0.5) is 0 Å². The molecule has 0 radical (unpaired) electrons. The number of hydrogen-bond acceptors (Lipinski definition) is 3. The number of primary amides is 1. The summed E-state index contributed by atoms with van der Waals surface area (Å²) in [4.78, 5) is 35.4. The van der Waals surface area contributed by atoms with Crippen LogP contribution >= 0.6 is 0 Å². The van der Waals surface area contributed by atoms with Crippen LogP contribution in [-0.4, -0.2) is 43.3 Å². The first kappa shape index (κ1) is 24.9. The summed E-state index contributed by atoms with van der Waals surface area (Å²) in [5, 5.41) is 2.45. The largest absolute Gasteiger partial charge is 0.368 e. The minimum absolute atomic E-state index is 0.0625. The molecule has 6 heteroatoms. The standard InChI is InChI=1S/C12H16N2O2.C12H17NO/c1-8(2)9-4-3-5-10(6-9)12(16)14-7-11(13)15;1-9(2)10-6-5-7-11(8-10)12(14)13(3)4/h3-6,8H,7H2,1-2H3,(H2,13,15)(H,14,16);5-9H,1-4H3. The summed E-state index contributed by atoms with van der Waals surface area (Å²) in [6.45, 7) is 8.23. The Morgan fingerprint density at radius 1 is 0.867 bits per heavy atom. The number of carbonyl (C=O) groups is 3. The smallest absolute Gasteiger partial charge is 0.253 e. The molecule has 0 atom stereocenters. The first-order valence-corrected chi connectivity index (χ1v) is 10.0. The lowest BCUT2D eigenvalue weighted by atomic mass is 10.0. The van der Waals surface area contributed by atoms with Gasteiger partial charge in [-0.2, -0.15) is 0 Å². The van der Waals surface area contributed by atoms with Crippen molar-refractivity contribution in [2.75, 3.05) is 20.6 Å². The molecule has 0 aromatic heterocycles. The highest BCUT2D eigenvalue weighted by Crippen LogP contribution is 2.16. The Labute approximate surface area is 179 Å². The average molecular weight is 412 g/mol.